The third-order valence-corrected chi connectivity index (χ3v) is 4.78. The van der Waals surface area contributed by atoms with Crippen LogP contribution in [0.25, 0.3) is 11.0 Å². The quantitative estimate of drug-likeness (QED) is 0.593. The number of carbonyl (C=O) groups excluding carboxylic acids is 2. The van der Waals surface area contributed by atoms with Crippen LogP contribution >= 0.6 is 0 Å². The van der Waals surface area contributed by atoms with E-state index in [1.807, 2.05) is 18.2 Å². The number of carboxylic acids is 1. The van der Waals surface area contributed by atoms with Gasteiger partial charge >= 0.3 is 11.7 Å². The van der Waals surface area contributed by atoms with Crippen LogP contribution in [0.5, 0.6) is 0 Å². The molecule has 26 heavy (non-hydrogen) atoms. The number of imide groups is 1. The summed E-state index contributed by atoms with van der Waals surface area (Å²) in [6.45, 7) is 0. The van der Waals surface area contributed by atoms with E-state index in [9.17, 15) is 19.2 Å². The Bertz CT molecular complexity index is 940. The van der Waals surface area contributed by atoms with E-state index in [0.717, 1.165) is 23.9 Å². The van der Waals surface area contributed by atoms with Crippen LogP contribution in [0.3, 0.4) is 0 Å². The fourth-order valence-corrected chi connectivity index (χ4v) is 3.40. The van der Waals surface area contributed by atoms with Crippen LogP contribution in [-0.2, 0) is 27.9 Å². The summed E-state index contributed by atoms with van der Waals surface area (Å²) in [5.41, 5.74) is 2.09. The number of nitrogens with one attached hydrogen (secondary N) is 1. The van der Waals surface area contributed by atoms with Crippen LogP contribution in [0.1, 0.15) is 43.7 Å². The number of amides is 2. The Morgan fingerprint density at radius 1 is 1.23 bits per heavy atom. The molecule has 1 aromatic heterocycles. The smallest absolute Gasteiger partial charge is 0.329 e. The molecule has 1 saturated heterocycles. The minimum absolute atomic E-state index is 0.145. The van der Waals surface area contributed by atoms with Gasteiger partial charge in [0.2, 0.25) is 11.8 Å². The number of aromatic nitrogens is 2. The SMILES string of the molecule is Cn1c(=O)n(C2CCC(=O)NC2=O)c2ccc(CCCCC(=O)O)cc21. The molecule has 2 heterocycles. The van der Waals surface area contributed by atoms with E-state index in [1.54, 1.807) is 7.05 Å². The highest BCUT2D eigenvalue weighted by molar-refractivity contribution is 6.00. The monoisotopic (exact) mass is 359 g/mol. The van der Waals surface area contributed by atoms with Crippen molar-refractivity contribution in [2.24, 2.45) is 7.05 Å². The van der Waals surface area contributed by atoms with Crippen LogP contribution in [0.15, 0.2) is 23.0 Å². The first-order chi connectivity index (χ1) is 12.4. The zero-order valence-electron chi connectivity index (χ0n) is 14.5. The average molecular weight is 359 g/mol. The molecule has 0 bridgehead atoms. The molecule has 8 nitrogen and oxygen atoms in total. The Morgan fingerprint density at radius 2 is 2.00 bits per heavy atom. The molecule has 0 radical (unpaired) electrons. The molecule has 1 aliphatic heterocycles. The van der Waals surface area contributed by atoms with Crippen molar-refractivity contribution in [1.82, 2.24) is 14.5 Å². The van der Waals surface area contributed by atoms with Gasteiger partial charge < -0.3 is 5.11 Å². The predicted molar refractivity (Wildman–Crippen MR) is 93.8 cm³/mol. The molecule has 0 aliphatic carbocycles. The topological polar surface area (TPSA) is 110 Å². The van der Waals surface area contributed by atoms with Gasteiger partial charge in [-0.25, -0.2) is 4.79 Å². The molecule has 2 N–H and O–H groups in total. The number of aryl methyl sites for hydroxylation is 2. The summed E-state index contributed by atoms with van der Waals surface area (Å²) >= 11 is 0. The van der Waals surface area contributed by atoms with Crippen LogP contribution in [0.2, 0.25) is 0 Å². The largest absolute Gasteiger partial charge is 0.481 e. The summed E-state index contributed by atoms with van der Waals surface area (Å²) in [7, 11) is 1.65. The second-order valence-electron chi connectivity index (χ2n) is 6.60. The highest BCUT2D eigenvalue weighted by Gasteiger charge is 2.31. The molecule has 1 atom stereocenters. The van der Waals surface area contributed by atoms with E-state index in [1.165, 1.54) is 9.13 Å². The summed E-state index contributed by atoms with van der Waals surface area (Å²) in [5, 5.41) is 11.0. The lowest BCUT2D eigenvalue weighted by atomic mass is 10.0. The Morgan fingerprint density at radius 3 is 2.69 bits per heavy atom. The number of aliphatic carboxylic acids is 1. The van der Waals surface area contributed by atoms with Crippen molar-refractivity contribution in [3.8, 4) is 0 Å². The molecule has 1 fully saturated rings. The van der Waals surface area contributed by atoms with Gasteiger partial charge in [-0.05, 0) is 43.4 Å². The van der Waals surface area contributed by atoms with Gasteiger partial charge in [0, 0.05) is 19.9 Å². The van der Waals surface area contributed by atoms with Gasteiger partial charge in [0.25, 0.3) is 0 Å². The molecule has 3 rings (SSSR count). The first kappa shape index (κ1) is 17.9. The fourth-order valence-electron chi connectivity index (χ4n) is 3.40. The molecule has 138 valence electrons. The van der Waals surface area contributed by atoms with Crippen molar-refractivity contribution in [3.63, 3.8) is 0 Å². The molecule has 2 aromatic rings. The van der Waals surface area contributed by atoms with Gasteiger partial charge in [0.15, 0.2) is 0 Å². The molecular weight excluding hydrogens is 338 g/mol. The zero-order valence-corrected chi connectivity index (χ0v) is 14.5. The maximum absolute atomic E-state index is 12.7. The van der Waals surface area contributed by atoms with Crippen molar-refractivity contribution >= 4 is 28.8 Å². The molecule has 2 amide bonds. The zero-order chi connectivity index (χ0) is 18.8. The number of fused-ring (bicyclic) bond motifs is 1. The Kier molecular flexibility index (Phi) is 4.92. The van der Waals surface area contributed by atoms with Gasteiger partial charge in [-0.15, -0.1) is 0 Å². The van der Waals surface area contributed by atoms with E-state index in [0.29, 0.717) is 18.4 Å². The van der Waals surface area contributed by atoms with Gasteiger partial charge in [0.1, 0.15) is 6.04 Å². The fraction of sp³-hybridized carbons (Fsp3) is 0.444. The number of rotatable bonds is 6. The van der Waals surface area contributed by atoms with E-state index >= 15 is 0 Å². The summed E-state index contributed by atoms with van der Waals surface area (Å²) < 4.78 is 2.95. The molecule has 1 aromatic carbocycles. The number of carboxylic acid groups (broad SMARTS) is 1. The van der Waals surface area contributed by atoms with E-state index in [4.69, 9.17) is 5.11 Å². The predicted octanol–water partition coefficient (Wildman–Crippen LogP) is 1.12. The number of nitrogens with zero attached hydrogens (tertiary/aromatic N) is 2. The highest BCUT2D eigenvalue weighted by atomic mass is 16.4. The van der Waals surface area contributed by atoms with Gasteiger partial charge in [-0.1, -0.05) is 6.07 Å². The first-order valence-corrected chi connectivity index (χ1v) is 8.64. The van der Waals surface area contributed by atoms with Gasteiger partial charge in [-0.2, -0.15) is 0 Å². The lowest BCUT2D eigenvalue weighted by Gasteiger charge is -2.21. The molecular formula is C18H21N3O5. The van der Waals surface area contributed by atoms with E-state index in [-0.39, 0.29) is 24.4 Å². The van der Waals surface area contributed by atoms with Crippen LogP contribution in [-0.4, -0.2) is 32.0 Å². The van der Waals surface area contributed by atoms with Crippen molar-refractivity contribution in [1.29, 1.82) is 0 Å². The van der Waals surface area contributed by atoms with Crippen LogP contribution < -0.4 is 11.0 Å². The second-order valence-corrected chi connectivity index (χ2v) is 6.60. The number of hydrogen-bond donors (Lipinski definition) is 2. The second kappa shape index (κ2) is 7.15. The first-order valence-electron chi connectivity index (χ1n) is 8.64. The standard InChI is InChI=1S/C18H21N3O5/c1-20-14-10-11(4-2-3-5-16(23)24)6-7-12(14)21(18(20)26)13-8-9-15(22)19-17(13)25/h6-7,10,13H,2-5,8-9H2,1H3,(H,23,24)(H,19,22,25). The number of hydrogen-bond acceptors (Lipinski definition) is 4. The third-order valence-electron chi connectivity index (χ3n) is 4.78. The Balaban J connectivity index is 1.88. The average Bonchev–Trinajstić information content (AvgIpc) is 2.83. The Hall–Kier alpha value is -2.90. The van der Waals surface area contributed by atoms with Crippen molar-refractivity contribution in [3.05, 3.63) is 34.2 Å². The summed E-state index contributed by atoms with van der Waals surface area (Å²) in [5.74, 6) is -1.57. The normalized spacial score (nSPS) is 17.5. The molecule has 1 unspecified atom stereocenters. The van der Waals surface area contributed by atoms with Crippen molar-refractivity contribution in [2.75, 3.05) is 0 Å². The summed E-state index contributed by atoms with van der Waals surface area (Å²) in [6.07, 6.45) is 2.73. The number of carbonyl (C=O) groups is 3. The van der Waals surface area contributed by atoms with Crippen molar-refractivity contribution in [2.45, 2.75) is 44.6 Å². The lowest BCUT2D eigenvalue weighted by Crippen LogP contribution is -2.44. The minimum atomic E-state index is -0.802. The molecule has 0 saturated carbocycles. The third kappa shape index (κ3) is 3.40. The molecule has 0 spiro atoms. The van der Waals surface area contributed by atoms with Crippen LogP contribution in [0.4, 0.5) is 0 Å². The summed E-state index contributed by atoms with van der Waals surface area (Å²) in [6, 6.07) is 4.92. The van der Waals surface area contributed by atoms with E-state index < -0.39 is 17.9 Å². The highest BCUT2D eigenvalue weighted by Crippen LogP contribution is 2.24. The molecule has 1 aliphatic rings. The maximum Gasteiger partial charge on any atom is 0.329 e. The molecule has 8 heteroatoms. The maximum atomic E-state index is 12.7. The number of benzene rings is 1. The van der Waals surface area contributed by atoms with Crippen molar-refractivity contribution < 1.29 is 19.5 Å². The van der Waals surface area contributed by atoms with Crippen LogP contribution in [0, 0.1) is 0 Å². The van der Waals surface area contributed by atoms with Gasteiger partial charge in [0.05, 0.1) is 11.0 Å². The van der Waals surface area contributed by atoms with E-state index in [2.05, 4.69) is 5.32 Å². The Labute approximate surface area is 149 Å². The van der Waals surface area contributed by atoms with Gasteiger partial charge in [-0.3, -0.25) is 28.8 Å². The lowest BCUT2D eigenvalue weighted by molar-refractivity contribution is -0.137. The number of imidazole rings is 1. The summed E-state index contributed by atoms with van der Waals surface area (Å²) in [4.78, 5) is 46.7. The minimum Gasteiger partial charge on any atom is -0.481 e. The number of unbranched alkanes of at least 4 members (excludes halogenated alkanes) is 1. The number of piperidine rings is 1.